The van der Waals surface area contributed by atoms with Gasteiger partial charge in [0.05, 0.1) is 18.7 Å². The largest absolute Gasteiger partial charge is 0.478 e. The Kier molecular flexibility index (Phi) is 6.69. The van der Waals surface area contributed by atoms with Crippen molar-refractivity contribution in [3.63, 3.8) is 0 Å². The molecule has 0 saturated carbocycles. The fourth-order valence-electron chi connectivity index (χ4n) is 3.94. The van der Waals surface area contributed by atoms with Gasteiger partial charge in [0.25, 0.3) is 0 Å². The van der Waals surface area contributed by atoms with Crippen LogP contribution in [0.1, 0.15) is 34.1 Å². The van der Waals surface area contributed by atoms with E-state index >= 15 is 0 Å². The van der Waals surface area contributed by atoms with E-state index in [1.54, 1.807) is 16.7 Å². The van der Waals surface area contributed by atoms with Gasteiger partial charge in [-0.1, -0.05) is 84.9 Å². The SMILES string of the molecule is C/C=C/Cc1cn(Cc2ccccc2)c(=O)n1Cc1ccc(-c2ccccc2C(=O)O)cc1. The number of aromatic carboxylic acids is 1. The lowest BCUT2D eigenvalue weighted by Crippen LogP contribution is -2.25. The molecule has 5 nitrogen and oxygen atoms in total. The molecule has 0 unspecified atom stereocenters. The Morgan fingerprint density at radius 3 is 2.24 bits per heavy atom. The highest BCUT2D eigenvalue weighted by Crippen LogP contribution is 2.24. The Balaban J connectivity index is 1.63. The van der Waals surface area contributed by atoms with E-state index in [-0.39, 0.29) is 11.3 Å². The van der Waals surface area contributed by atoms with Crippen molar-refractivity contribution in [2.45, 2.75) is 26.4 Å². The molecule has 33 heavy (non-hydrogen) atoms. The molecule has 0 aliphatic carbocycles. The van der Waals surface area contributed by atoms with Gasteiger partial charge in [0, 0.05) is 18.3 Å². The van der Waals surface area contributed by atoms with E-state index in [9.17, 15) is 14.7 Å². The van der Waals surface area contributed by atoms with Crippen LogP contribution in [0.4, 0.5) is 0 Å². The Bertz CT molecular complexity index is 1330. The highest BCUT2D eigenvalue weighted by atomic mass is 16.4. The summed E-state index contributed by atoms with van der Waals surface area (Å²) >= 11 is 0. The molecule has 4 rings (SSSR count). The minimum absolute atomic E-state index is 0.0429. The average Bonchev–Trinajstić information content (AvgIpc) is 3.13. The zero-order valence-electron chi connectivity index (χ0n) is 18.5. The number of rotatable bonds is 8. The van der Waals surface area contributed by atoms with Crippen molar-refractivity contribution >= 4 is 5.97 Å². The number of aromatic nitrogens is 2. The van der Waals surface area contributed by atoms with Crippen LogP contribution in [0, 0.1) is 0 Å². The van der Waals surface area contributed by atoms with E-state index in [1.165, 1.54) is 0 Å². The van der Waals surface area contributed by atoms with Crippen LogP contribution in [0.3, 0.4) is 0 Å². The van der Waals surface area contributed by atoms with Crippen LogP contribution < -0.4 is 5.69 Å². The van der Waals surface area contributed by atoms with E-state index in [1.807, 2.05) is 96.6 Å². The van der Waals surface area contributed by atoms with E-state index < -0.39 is 5.97 Å². The number of nitrogens with zero attached hydrogens (tertiary/aromatic N) is 2. The van der Waals surface area contributed by atoms with Gasteiger partial charge in [-0.05, 0) is 35.2 Å². The van der Waals surface area contributed by atoms with Crippen LogP contribution in [0.25, 0.3) is 11.1 Å². The maximum atomic E-state index is 13.2. The van der Waals surface area contributed by atoms with Crippen molar-refractivity contribution in [2.75, 3.05) is 0 Å². The van der Waals surface area contributed by atoms with Gasteiger partial charge in [-0.25, -0.2) is 9.59 Å². The zero-order valence-corrected chi connectivity index (χ0v) is 18.5. The van der Waals surface area contributed by atoms with Crippen LogP contribution in [-0.2, 0) is 19.5 Å². The summed E-state index contributed by atoms with van der Waals surface area (Å²) in [5.74, 6) is -0.949. The van der Waals surface area contributed by atoms with Crippen LogP contribution in [-0.4, -0.2) is 20.2 Å². The molecule has 1 heterocycles. The normalized spacial score (nSPS) is 11.2. The predicted molar refractivity (Wildman–Crippen MR) is 131 cm³/mol. The minimum atomic E-state index is -0.949. The van der Waals surface area contributed by atoms with Crippen LogP contribution in [0.15, 0.2) is 102 Å². The van der Waals surface area contributed by atoms with Gasteiger partial charge in [0.2, 0.25) is 0 Å². The highest BCUT2D eigenvalue weighted by Gasteiger charge is 2.13. The Morgan fingerprint density at radius 1 is 0.879 bits per heavy atom. The lowest BCUT2D eigenvalue weighted by molar-refractivity contribution is 0.0697. The van der Waals surface area contributed by atoms with Gasteiger partial charge in [-0.2, -0.15) is 0 Å². The van der Waals surface area contributed by atoms with Gasteiger partial charge >= 0.3 is 11.7 Å². The number of hydrogen-bond donors (Lipinski definition) is 1. The number of carboxylic acids is 1. The standard InChI is InChI=1S/C28H26N2O3/c1-2-3-11-24-20-29(18-21-9-5-4-6-10-21)28(33)30(24)19-22-14-16-23(17-15-22)25-12-7-8-13-26(25)27(31)32/h2-10,12-17,20H,11,18-19H2,1H3,(H,31,32)/b3-2+. The summed E-state index contributed by atoms with van der Waals surface area (Å²) in [7, 11) is 0. The quantitative estimate of drug-likeness (QED) is 0.383. The molecule has 0 radical (unpaired) electrons. The lowest BCUT2D eigenvalue weighted by atomic mass is 9.99. The van der Waals surface area contributed by atoms with E-state index in [2.05, 4.69) is 0 Å². The Labute approximate surface area is 192 Å². The Morgan fingerprint density at radius 2 is 1.55 bits per heavy atom. The van der Waals surface area contributed by atoms with E-state index in [0.29, 0.717) is 25.1 Å². The molecule has 166 valence electrons. The topological polar surface area (TPSA) is 64.2 Å². The molecule has 0 bridgehead atoms. The minimum Gasteiger partial charge on any atom is -0.478 e. The van der Waals surface area contributed by atoms with Gasteiger partial charge in [0.15, 0.2) is 0 Å². The van der Waals surface area contributed by atoms with Crippen LogP contribution >= 0.6 is 0 Å². The molecule has 0 aliphatic rings. The van der Waals surface area contributed by atoms with E-state index in [0.717, 1.165) is 22.4 Å². The molecule has 0 spiro atoms. The highest BCUT2D eigenvalue weighted by molar-refractivity contribution is 5.95. The van der Waals surface area contributed by atoms with Crippen molar-refractivity contribution in [3.8, 4) is 11.1 Å². The van der Waals surface area contributed by atoms with Crippen molar-refractivity contribution in [2.24, 2.45) is 0 Å². The maximum Gasteiger partial charge on any atom is 0.336 e. The van der Waals surface area contributed by atoms with Crippen LogP contribution in [0.2, 0.25) is 0 Å². The molecule has 0 amide bonds. The molecule has 0 saturated heterocycles. The molecule has 1 N–H and O–H groups in total. The molecule has 0 atom stereocenters. The molecule has 5 heteroatoms. The first kappa shape index (κ1) is 22.1. The molecule has 0 fully saturated rings. The summed E-state index contributed by atoms with van der Waals surface area (Å²) in [5, 5.41) is 9.47. The summed E-state index contributed by atoms with van der Waals surface area (Å²) in [6.45, 7) is 2.95. The summed E-state index contributed by atoms with van der Waals surface area (Å²) in [6, 6.07) is 24.6. The smallest absolute Gasteiger partial charge is 0.336 e. The molecule has 3 aromatic carbocycles. The molecular weight excluding hydrogens is 412 g/mol. The number of carboxylic acid groups (broad SMARTS) is 1. The van der Waals surface area contributed by atoms with Gasteiger partial charge < -0.3 is 5.11 Å². The number of allylic oxidation sites excluding steroid dienone is 2. The summed E-state index contributed by atoms with van der Waals surface area (Å²) in [4.78, 5) is 24.8. The third-order valence-electron chi connectivity index (χ3n) is 5.65. The second kappa shape index (κ2) is 10.0. The number of carbonyl (C=O) groups is 1. The third-order valence-corrected chi connectivity index (χ3v) is 5.65. The molecule has 1 aromatic heterocycles. The lowest BCUT2D eigenvalue weighted by Gasteiger charge is -2.09. The third kappa shape index (κ3) is 5.04. The predicted octanol–water partition coefficient (Wildman–Crippen LogP) is 5.23. The average molecular weight is 439 g/mol. The van der Waals surface area contributed by atoms with Gasteiger partial charge in [-0.15, -0.1) is 0 Å². The number of benzene rings is 3. The van der Waals surface area contributed by atoms with Crippen LogP contribution in [0.5, 0.6) is 0 Å². The summed E-state index contributed by atoms with van der Waals surface area (Å²) < 4.78 is 3.56. The van der Waals surface area contributed by atoms with Crippen molar-refractivity contribution in [1.82, 2.24) is 9.13 Å². The first-order valence-electron chi connectivity index (χ1n) is 10.9. The summed E-state index contributed by atoms with van der Waals surface area (Å²) in [5.41, 5.74) is 4.75. The Hall–Kier alpha value is -4.12. The van der Waals surface area contributed by atoms with E-state index in [4.69, 9.17) is 0 Å². The number of hydrogen-bond acceptors (Lipinski definition) is 2. The first-order chi connectivity index (χ1) is 16.1. The fraction of sp³-hybridized carbons (Fsp3) is 0.143. The molecule has 0 aliphatic heterocycles. The van der Waals surface area contributed by atoms with Crippen molar-refractivity contribution in [3.05, 3.63) is 130 Å². The zero-order chi connectivity index (χ0) is 23.2. The second-order valence-electron chi connectivity index (χ2n) is 7.92. The van der Waals surface area contributed by atoms with Gasteiger partial charge in [-0.3, -0.25) is 9.13 Å². The second-order valence-corrected chi connectivity index (χ2v) is 7.92. The molecular formula is C28H26N2O3. The van der Waals surface area contributed by atoms with Gasteiger partial charge in [0.1, 0.15) is 0 Å². The van der Waals surface area contributed by atoms with Crippen molar-refractivity contribution < 1.29 is 9.90 Å². The number of imidazole rings is 1. The fourth-order valence-corrected chi connectivity index (χ4v) is 3.94. The maximum absolute atomic E-state index is 13.2. The summed E-state index contributed by atoms with van der Waals surface area (Å²) in [6.07, 6.45) is 6.65. The molecule has 4 aromatic rings. The first-order valence-corrected chi connectivity index (χ1v) is 10.9. The van der Waals surface area contributed by atoms with Crippen molar-refractivity contribution in [1.29, 1.82) is 0 Å². The monoisotopic (exact) mass is 438 g/mol.